The second kappa shape index (κ2) is 5.38. The van der Waals surface area contributed by atoms with Crippen LogP contribution in [0.25, 0.3) is 0 Å². The van der Waals surface area contributed by atoms with Gasteiger partial charge in [0.05, 0.1) is 0 Å². The molecule has 0 aliphatic carbocycles. The summed E-state index contributed by atoms with van der Waals surface area (Å²) in [6.07, 6.45) is 0.505. The van der Waals surface area contributed by atoms with Crippen LogP contribution in [0.3, 0.4) is 0 Å². The summed E-state index contributed by atoms with van der Waals surface area (Å²) in [5.74, 6) is 0.103. The highest BCUT2D eigenvalue weighted by atomic mass is 35.5. The van der Waals surface area contributed by atoms with E-state index in [4.69, 9.17) is 23.2 Å². The van der Waals surface area contributed by atoms with Gasteiger partial charge in [0.25, 0.3) is 0 Å². The molecule has 0 unspecified atom stereocenters. The molecule has 0 fully saturated rings. The number of rotatable bonds is 3. The third-order valence-electron chi connectivity index (χ3n) is 2.07. The Morgan fingerprint density at radius 2 is 1.80 bits per heavy atom. The predicted molar refractivity (Wildman–Crippen MR) is 63.2 cm³/mol. The van der Waals surface area contributed by atoms with E-state index in [1.54, 1.807) is 18.0 Å². The molecule has 2 nitrogen and oxygen atoms in total. The van der Waals surface area contributed by atoms with Crippen LogP contribution in [0.4, 0.5) is 0 Å². The van der Waals surface area contributed by atoms with E-state index in [1.807, 2.05) is 19.1 Å². The lowest BCUT2D eigenvalue weighted by Gasteiger charge is -2.16. The monoisotopic (exact) mass is 245 g/mol. The summed E-state index contributed by atoms with van der Waals surface area (Å²) < 4.78 is 0. The first-order chi connectivity index (χ1) is 7.02. The van der Waals surface area contributed by atoms with Crippen LogP contribution in [-0.2, 0) is 11.3 Å². The first-order valence-electron chi connectivity index (χ1n) is 4.72. The van der Waals surface area contributed by atoms with Crippen molar-refractivity contribution >= 4 is 29.1 Å². The first kappa shape index (κ1) is 12.3. The number of hydrogen-bond acceptors (Lipinski definition) is 1. The van der Waals surface area contributed by atoms with Crippen molar-refractivity contribution in [1.82, 2.24) is 4.90 Å². The van der Waals surface area contributed by atoms with E-state index in [0.29, 0.717) is 23.0 Å². The van der Waals surface area contributed by atoms with Crippen molar-refractivity contribution in [2.24, 2.45) is 0 Å². The lowest BCUT2D eigenvalue weighted by Crippen LogP contribution is -2.25. The van der Waals surface area contributed by atoms with Gasteiger partial charge in [0, 0.05) is 30.1 Å². The minimum atomic E-state index is 0.103. The molecule has 0 saturated heterocycles. The van der Waals surface area contributed by atoms with Gasteiger partial charge in [0.15, 0.2) is 0 Å². The van der Waals surface area contributed by atoms with Gasteiger partial charge in [-0.25, -0.2) is 0 Å². The second-order valence-corrected chi connectivity index (χ2v) is 4.25. The Morgan fingerprint density at radius 3 is 2.27 bits per heavy atom. The summed E-state index contributed by atoms with van der Waals surface area (Å²) in [6.45, 7) is 2.37. The van der Waals surface area contributed by atoms with Crippen molar-refractivity contribution in [1.29, 1.82) is 0 Å². The third-order valence-corrected chi connectivity index (χ3v) is 2.51. The van der Waals surface area contributed by atoms with E-state index < -0.39 is 0 Å². The van der Waals surface area contributed by atoms with Crippen LogP contribution in [0, 0.1) is 0 Å². The normalized spacial score (nSPS) is 10.1. The Bertz CT molecular complexity index is 345. The maximum Gasteiger partial charge on any atom is 0.222 e. The molecule has 0 aliphatic heterocycles. The van der Waals surface area contributed by atoms with Crippen LogP contribution >= 0.6 is 23.2 Å². The fraction of sp³-hybridized carbons (Fsp3) is 0.364. The van der Waals surface area contributed by atoms with Crippen LogP contribution in [-0.4, -0.2) is 17.9 Å². The average Bonchev–Trinajstić information content (AvgIpc) is 2.14. The van der Waals surface area contributed by atoms with Gasteiger partial charge in [-0.1, -0.05) is 30.1 Å². The van der Waals surface area contributed by atoms with Crippen molar-refractivity contribution < 1.29 is 4.79 Å². The largest absolute Gasteiger partial charge is 0.341 e. The van der Waals surface area contributed by atoms with E-state index in [2.05, 4.69) is 0 Å². The molecule has 1 amide bonds. The van der Waals surface area contributed by atoms with E-state index in [9.17, 15) is 4.79 Å². The number of benzene rings is 1. The average molecular weight is 246 g/mol. The molecule has 1 rings (SSSR count). The van der Waals surface area contributed by atoms with Crippen LogP contribution in [0.5, 0.6) is 0 Å². The highest BCUT2D eigenvalue weighted by molar-refractivity contribution is 6.34. The zero-order chi connectivity index (χ0) is 11.4. The van der Waals surface area contributed by atoms with Crippen LogP contribution in [0.2, 0.25) is 10.0 Å². The van der Waals surface area contributed by atoms with E-state index in [1.165, 1.54) is 0 Å². The van der Waals surface area contributed by atoms with Crippen molar-refractivity contribution in [3.63, 3.8) is 0 Å². The van der Waals surface area contributed by atoms with Gasteiger partial charge in [-0.3, -0.25) is 4.79 Å². The summed E-state index contributed by atoms with van der Waals surface area (Å²) in [7, 11) is 1.76. The molecule has 0 heterocycles. The molecule has 15 heavy (non-hydrogen) atoms. The van der Waals surface area contributed by atoms with Gasteiger partial charge < -0.3 is 4.90 Å². The highest BCUT2D eigenvalue weighted by Gasteiger charge is 2.07. The van der Waals surface area contributed by atoms with Gasteiger partial charge in [0.1, 0.15) is 0 Å². The van der Waals surface area contributed by atoms with Gasteiger partial charge in [-0.2, -0.15) is 0 Å². The highest BCUT2D eigenvalue weighted by Crippen LogP contribution is 2.19. The molecule has 0 radical (unpaired) electrons. The van der Waals surface area contributed by atoms with Crippen molar-refractivity contribution in [3.8, 4) is 0 Å². The topological polar surface area (TPSA) is 20.3 Å². The molecular formula is C11H13Cl2NO. The molecule has 0 spiro atoms. The van der Waals surface area contributed by atoms with E-state index in [-0.39, 0.29) is 5.91 Å². The van der Waals surface area contributed by atoms with E-state index in [0.717, 1.165) is 5.56 Å². The fourth-order valence-corrected chi connectivity index (χ4v) is 1.91. The SMILES string of the molecule is CCC(=O)N(C)Cc1cc(Cl)cc(Cl)c1. The molecule has 1 aromatic carbocycles. The number of halogens is 2. The van der Waals surface area contributed by atoms with Crippen molar-refractivity contribution in [2.45, 2.75) is 19.9 Å². The summed E-state index contributed by atoms with van der Waals surface area (Å²) in [5.41, 5.74) is 0.941. The Hall–Kier alpha value is -0.730. The molecular weight excluding hydrogens is 233 g/mol. The summed E-state index contributed by atoms with van der Waals surface area (Å²) in [5, 5.41) is 1.18. The molecule has 0 atom stereocenters. The predicted octanol–water partition coefficient (Wildman–Crippen LogP) is 3.36. The minimum absolute atomic E-state index is 0.103. The lowest BCUT2D eigenvalue weighted by atomic mass is 10.2. The number of amides is 1. The van der Waals surface area contributed by atoms with E-state index >= 15 is 0 Å². The van der Waals surface area contributed by atoms with Crippen LogP contribution in [0.1, 0.15) is 18.9 Å². The Balaban J connectivity index is 2.76. The fourth-order valence-electron chi connectivity index (χ4n) is 1.33. The second-order valence-electron chi connectivity index (χ2n) is 3.38. The van der Waals surface area contributed by atoms with Gasteiger partial charge in [-0.05, 0) is 23.8 Å². The summed E-state index contributed by atoms with van der Waals surface area (Å²) in [4.78, 5) is 13.0. The maximum atomic E-state index is 11.3. The Morgan fingerprint density at radius 1 is 1.27 bits per heavy atom. The van der Waals surface area contributed by atoms with Crippen LogP contribution in [0.15, 0.2) is 18.2 Å². The minimum Gasteiger partial charge on any atom is -0.341 e. The smallest absolute Gasteiger partial charge is 0.222 e. The molecule has 82 valence electrons. The molecule has 0 aromatic heterocycles. The third kappa shape index (κ3) is 3.73. The Labute approximate surface area is 99.8 Å². The number of carbonyl (C=O) groups excluding carboxylic acids is 1. The summed E-state index contributed by atoms with van der Waals surface area (Å²) in [6, 6.07) is 5.30. The summed E-state index contributed by atoms with van der Waals surface area (Å²) >= 11 is 11.7. The molecule has 4 heteroatoms. The zero-order valence-electron chi connectivity index (χ0n) is 8.76. The standard InChI is InChI=1S/C11H13Cl2NO/c1-3-11(15)14(2)7-8-4-9(12)6-10(13)5-8/h4-6H,3,7H2,1-2H3. The van der Waals surface area contributed by atoms with Gasteiger partial charge in [-0.15, -0.1) is 0 Å². The molecule has 0 bridgehead atoms. The molecule has 0 aliphatic rings. The number of hydrogen-bond donors (Lipinski definition) is 0. The molecule has 0 saturated carbocycles. The van der Waals surface area contributed by atoms with Gasteiger partial charge in [0.2, 0.25) is 5.91 Å². The van der Waals surface area contributed by atoms with Crippen molar-refractivity contribution in [3.05, 3.63) is 33.8 Å². The quantitative estimate of drug-likeness (QED) is 0.800. The number of nitrogens with zero attached hydrogens (tertiary/aromatic N) is 1. The number of carbonyl (C=O) groups is 1. The maximum absolute atomic E-state index is 11.3. The molecule has 0 N–H and O–H groups in total. The zero-order valence-corrected chi connectivity index (χ0v) is 10.3. The first-order valence-corrected chi connectivity index (χ1v) is 5.47. The van der Waals surface area contributed by atoms with Crippen LogP contribution < -0.4 is 0 Å². The van der Waals surface area contributed by atoms with Gasteiger partial charge >= 0.3 is 0 Å². The Kier molecular flexibility index (Phi) is 4.43. The van der Waals surface area contributed by atoms with Crippen molar-refractivity contribution in [2.75, 3.05) is 7.05 Å². The lowest BCUT2D eigenvalue weighted by molar-refractivity contribution is -0.130. The molecule has 1 aromatic rings.